The number of benzene rings is 2. The quantitative estimate of drug-likeness (QED) is 0.536. The van der Waals surface area contributed by atoms with Gasteiger partial charge in [0, 0.05) is 16.2 Å². The van der Waals surface area contributed by atoms with Gasteiger partial charge in [-0.1, -0.05) is 48.2 Å². The summed E-state index contributed by atoms with van der Waals surface area (Å²) in [6.07, 6.45) is 4.68. The fraction of sp³-hybridized carbons (Fsp3) is 0.350. The Balaban J connectivity index is 1.75. The summed E-state index contributed by atoms with van der Waals surface area (Å²) < 4.78 is 12.2. The highest BCUT2D eigenvalue weighted by atomic mass is 79.9. The summed E-state index contributed by atoms with van der Waals surface area (Å²) in [5.74, 6) is 1.19. The zero-order chi connectivity index (χ0) is 17.9. The topological polar surface area (TPSA) is 47.6 Å². The predicted molar refractivity (Wildman–Crippen MR) is 104 cm³/mol. The molecule has 1 amide bonds. The molecule has 1 N–H and O–H groups in total. The van der Waals surface area contributed by atoms with Crippen molar-refractivity contribution in [1.29, 1.82) is 0 Å². The van der Waals surface area contributed by atoms with Crippen LogP contribution < -0.4 is 14.8 Å². The monoisotopic (exact) mass is 405 g/mol. The third kappa shape index (κ3) is 7.61. The van der Waals surface area contributed by atoms with Crippen LogP contribution in [0.2, 0.25) is 0 Å². The van der Waals surface area contributed by atoms with Crippen molar-refractivity contribution in [3.63, 3.8) is 0 Å². The third-order valence-corrected chi connectivity index (χ3v) is 4.10. The van der Waals surface area contributed by atoms with E-state index >= 15 is 0 Å². The molecule has 2 aromatic carbocycles. The molecule has 0 spiro atoms. The molecular formula is C20H24BrNO3. The Kier molecular flexibility index (Phi) is 8.32. The second-order valence-electron chi connectivity index (χ2n) is 5.73. The Morgan fingerprint density at radius 1 is 1.00 bits per heavy atom. The second kappa shape index (κ2) is 10.8. The summed E-state index contributed by atoms with van der Waals surface area (Å²) in [5, 5.41) is 2.79. The van der Waals surface area contributed by atoms with Gasteiger partial charge in [0.1, 0.15) is 11.5 Å². The van der Waals surface area contributed by atoms with Gasteiger partial charge in [-0.05, 0) is 42.8 Å². The number of unbranched alkanes of at least 4 members (excludes halogenated alkanes) is 3. The molecule has 0 saturated heterocycles. The van der Waals surface area contributed by atoms with Crippen molar-refractivity contribution in [3.8, 4) is 11.5 Å². The van der Waals surface area contributed by atoms with Gasteiger partial charge in [-0.2, -0.15) is 0 Å². The molecule has 0 bridgehead atoms. The third-order valence-electron chi connectivity index (χ3n) is 3.57. The minimum Gasteiger partial charge on any atom is -0.493 e. The van der Waals surface area contributed by atoms with Gasteiger partial charge in [0.05, 0.1) is 6.61 Å². The number of ether oxygens (including phenoxy) is 2. The van der Waals surface area contributed by atoms with E-state index in [9.17, 15) is 4.79 Å². The van der Waals surface area contributed by atoms with Gasteiger partial charge in [-0.25, -0.2) is 0 Å². The van der Waals surface area contributed by atoms with Crippen LogP contribution in [0.4, 0.5) is 5.69 Å². The fourth-order valence-electron chi connectivity index (χ4n) is 2.25. The van der Waals surface area contributed by atoms with Crippen LogP contribution in [0.25, 0.3) is 0 Å². The minimum atomic E-state index is -0.201. The largest absolute Gasteiger partial charge is 0.493 e. The Labute approximate surface area is 157 Å². The highest BCUT2D eigenvalue weighted by molar-refractivity contribution is 9.10. The van der Waals surface area contributed by atoms with Crippen LogP contribution in [-0.4, -0.2) is 19.1 Å². The van der Waals surface area contributed by atoms with Gasteiger partial charge < -0.3 is 14.8 Å². The van der Waals surface area contributed by atoms with E-state index in [2.05, 4.69) is 28.2 Å². The lowest BCUT2D eigenvalue weighted by molar-refractivity contribution is -0.118. The van der Waals surface area contributed by atoms with Gasteiger partial charge in [0.25, 0.3) is 5.91 Å². The van der Waals surface area contributed by atoms with Gasteiger partial charge in [0.15, 0.2) is 6.61 Å². The molecule has 0 unspecified atom stereocenters. The number of anilines is 1. The Hall–Kier alpha value is -2.01. The molecule has 5 heteroatoms. The van der Waals surface area contributed by atoms with Crippen LogP contribution in [0, 0.1) is 0 Å². The molecule has 0 aliphatic rings. The zero-order valence-electron chi connectivity index (χ0n) is 14.5. The molecule has 4 nitrogen and oxygen atoms in total. The number of nitrogens with one attached hydrogen (secondary N) is 1. The Morgan fingerprint density at radius 2 is 1.72 bits per heavy atom. The first-order valence-corrected chi connectivity index (χ1v) is 9.38. The van der Waals surface area contributed by atoms with E-state index in [0.29, 0.717) is 12.4 Å². The van der Waals surface area contributed by atoms with Gasteiger partial charge in [-0.15, -0.1) is 0 Å². The number of carbonyl (C=O) groups is 1. The predicted octanol–water partition coefficient (Wildman–Crippen LogP) is 5.43. The Morgan fingerprint density at radius 3 is 2.44 bits per heavy atom. The molecule has 134 valence electrons. The van der Waals surface area contributed by atoms with Crippen LogP contribution in [0.5, 0.6) is 11.5 Å². The molecule has 0 radical (unpaired) electrons. The standard InChI is InChI=1S/C20H24BrNO3/c1-2-3-4-5-13-24-18-7-6-8-19(14-18)25-15-20(23)22-17-11-9-16(21)10-12-17/h6-12,14H,2-5,13,15H2,1H3,(H,22,23). The summed E-state index contributed by atoms with van der Waals surface area (Å²) in [5.41, 5.74) is 0.737. The van der Waals surface area contributed by atoms with E-state index in [4.69, 9.17) is 9.47 Å². The molecule has 0 heterocycles. The van der Waals surface area contributed by atoms with E-state index in [0.717, 1.165) is 22.3 Å². The van der Waals surface area contributed by atoms with E-state index in [1.165, 1.54) is 19.3 Å². The molecule has 2 rings (SSSR count). The number of hydrogen-bond donors (Lipinski definition) is 1. The lowest BCUT2D eigenvalue weighted by atomic mass is 10.2. The molecule has 0 aliphatic carbocycles. The maximum atomic E-state index is 11.9. The molecular weight excluding hydrogens is 382 g/mol. The van der Waals surface area contributed by atoms with Crippen molar-refractivity contribution in [3.05, 3.63) is 53.0 Å². The van der Waals surface area contributed by atoms with Crippen molar-refractivity contribution < 1.29 is 14.3 Å². The number of hydrogen-bond acceptors (Lipinski definition) is 3. The summed E-state index contributed by atoms with van der Waals surface area (Å²) in [6, 6.07) is 14.8. The van der Waals surface area contributed by atoms with Crippen molar-refractivity contribution >= 4 is 27.5 Å². The van der Waals surface area contributed by atoms with E-state index in [1.807, 2.05) is 48.5 Å². The maximum Gasteiger partial charge on any atom is 0.262 e. The molecule has 0 saturated carbocycles. The minimum absolute atomic E-state index is 0.0456. The Bertz CT molecular complexity index is 658. The van der Waals surface area contributed by atoms with Gasteiger partial charge in [0.2, 0.25) is 0 Å². The summed E-state index contributed by atoms with van der Waals surface area (Å²) >= 11 is 3.36. The number of rotatable bonds is 10. The van der Waals surface area contributed by atoms with Crippen molar-refractivity contribution in [2.45, 2.75) is 32.6 Å². The summed E-state index contributed by atoms with van der Waals surface area (Å²) in [4.78, 5) is 11.9. The average Bonchev–Trinajstić information content (AvgIpc) is 2.62. The summed E-state index contributed by atoms with van der Waals surface area (Å²) in [7, 11) is 0. The zero-order valence-corrected chi connectivity index (χ0v) is 16.1. The first kappa shape index (κ1) is 19.3. The van der Waals surface area contributed by atoms with Crippen LogP contribution in [0.3, 0.4) is 0 Å². The SMILES string of the molecule is CCCCCCOc1cccc(OCC(=O)Nc2ccc(Br)cc2)c1. The average molecular weight is 406 g/mol. The maximum absolute atomic E-state index is 11.9. The van der Waals surface area contributed by atoms with Crippen LogP contribution in [0.15, 0.2) is 53.0 Å². The van der Waals surface area contributed by atoms with Crippen molar-refractivity contribution in [2.75, 3.05) is 18.5 Å². The van der Waals surface area contributed by atoms with E-state index in [-0.39, 0.29) is 12.5 Å². The number of amides is 1. The molecule has 0 aromatic heterocycles. The molecule has 0 fully saturated rings. The molecule has 25 heavy (non-hydrogen) atoms. The van der Waals surface area contributed by atoms with Crippen LogP contribution in [0.1, 0.15) is 32.6 Å². The van der Waals surface area contributed by atoms with Gasteiger partial charge >= 0.3 is 0 Å². The van der Waals surface area contributed by atoms with E-state index < -0.39 is 0 Å². The molecule has 0 aliphatic heterocycles. The highest BCUT2D eigenvalue weighted by Gasteiger charge is 2.05. The van der Waals surface area contributed by atoms with E-state index in [1.54, 1.807) is 0 Å². The fourth-order valence-corrected chi connectivity index (χ4v) is 2.52. The lowest BCUT2D eigenvalue weighted by Crippen LogP contribution is -2.20. The normalized spacial score (nSPS) is 10.3. The highest BCUT2D eigenvalue weighted by Crippen LogP contribution is 2.20. The first-order chi connectivity index (χ1) is 12.2. The second-order valence-corrected chi connectivity index (χ2v) is 6.64. The lowest BCUT2D eigenvalue weighted by Gasteiger charge is -2.10. The van der Waals surface area contributed by atoms with Crippen LogP contribution in [-0.2, 0) is 4.79 Å². The molecule has 2 aromatic rings. The van der Waals surface area contributed by atoms with Crippen LogP contribution >= 0.6 is 15.9 Å². The van der Waals surface area contributed by atoms with Crippen molar-refractivity contribution in [1.82, 2.24) is 0 Å². The van der Waals surface area contributed by atoms with Gasteiger partial charge in [-0.3, -0.25) is 4.79 Å². The number of halogens is 1. The van der Waals surface area contributed by atoms with Crippen molar-refractivity contribution in [2.24, 2.45) is 0 Å². The summed E-state index contributed by atoms with van der Waals surface area (Å²) in [6.45, 7) is 2.85. The first-order valence-electron chi connectivity index (χ1n) is 8.58. The number of carbonyl (C=O) groups excluding carboxylic acids is 1. The smallest absolute Gasteiger partial charge is 0.262 e. The molecule has 0 atom stereocenters.